The van der Waals surface area contributed by atoms with Crippen molar-refractivity contribution in [2.24, 2.45) is 0 Å². The number of carbonyl (C=O) groups excluding carboxylic acids is 2. The van der Waals surface area contributed by atoms with E-state index in [-0.39, 0.29) is 29.8 Å². The summed E-state index contributed by atoms with van der Waals surface area (Å²) in [6, 6.07) is 8.29. The summed E-state index contributed by atoms with van der Waals surface area (Å²) in [5, 5.41) is 0. The number of piperidine rings is 1. The fraction of sp³-hybridized carbons (Fsp3) is 0.600. The van der Waals surface area contributed by atoms with Gasteiger partial charge in [0, 0.05) is 32.4 Å². The molecule has 25 heavy (non-hydrogen) atoms. The van der Waals surface area contributed by atoms with E-state index < -0.39 is 0 Å². The number of fused-ring (bicyclic) bond motifs is 1. The van der Waals surface area contributed by atoms with Gasteiger partial charge < -0.3 is 14.5 Å². The average molecular weight is 344 g/mol. The zero-order chi connectivity index (χ0) is 18.0. The number of benzene rings is 1. The minimum atomic E-state index is 0.0881. The molecule has 2 aliphatic heterocycles. The van der Waals surface area contributed by atoms with Gasteiger partial charge in [0.25, 0.3) is 0 Å². The summed E-state index contributed by atoms with van der Waals surface area (Å²) in [4.78, 5) is 28.9. The Morgan fingerprint density at radius 2 is 1.92 bits per heavy atom. The van der Waals surface area contributed by atoms with Crippen LogP contribution in [0.25, 0.3) is 0 Å². The van der Waals surface area contributed by atoms with Crippen molar-refractivity contribution in [1.29, 1.82) is 0 Å². The second kappa shape index (κ2) is 7.46. The topological polar surface area (TPSA) is 49.9 Å². The molecule has 1 aromatic carbocycles. The van der Waals surface area contributed by atoms with Crippen molar-refractivity contribution in [2.75, 3.05) is 20.2 Å². The van der Waals surface area contributed by atoms with Crippen LogP contribution in [0.3, 0.4) is 0 Å². The molecular formula is C20H28N2O3. The molecule has 5 heteroatoms. The summed E-state index contributed by atoms with van der Waals surface area (Å²) in [5.74, 6) is 1.32. The molecule has 2 fully saturated rings. The van der Waals surface area contributed by atoms with Gasteiger partial charge in [0.15, 0.2) is 0 Å². The van der Waals surface area contributed by atoms with Crippen LogP contribution in [0.15, 0.2) is 24.3 Å². The number of hydrogen-bond donors (Lipinski definition) is 0. The molecule has 0 N–H and O–H groups in total. The molecule has 2 heterocycles. The van der Waals surface area contributed by atoms with E-state index in [1.165, 1.54) is 5.56 Å². The smallest absolute Gasteiger partial charge is 0.222 e. The van der Waals surface area contributed by atoms with Gasteiger partial charge in [-0.2, -0.15) is 0 Å². The Bertz CT molecular complexity index is 628. The van der Waals surface area contributed by atoms with Crippen molar-refractivity contribution in [2.45, 2.75) is 57.5 Å². The van der Waals surface area contributed by atoms with E-state index in [1.807, 2.05) is 24.0 Å². The van der Waals surface area contributed by atoms with Crippen molar-refractivity contribution in [3.05, 3.63) is 29.8 Å². The first kappa shape index (κ1) is 17.8. The Balaban J connectivity index is 1.94. The molecule has 0 aromatic heterocycles. The second-order valence-electron chi connectivity index (χ2n) is 7.09. The van der Waals surface area contributed by atoms with E-state index in [2.05, 4.69) is 17.0 Å². The highest BCUT2D eigenvalue weighted by atomic mass is 16.5. The fourth-order valence-corrected chi connectivity index (χ4v) is 4.44. The van der Waals surface area contributed by atoms with Crippen molar-refractivity contribution in [1.82, 2.24) is 9.80 Å². The Hall–Kier alpha value is -2.04. The summed E-state index contributed by atoms with van der Waals surface area (Å²) in [6.07, 6.45) is 3.39. The number of amides is 2. The summed E-state index contributed by atoms with van der Waals surface area (Å²) in [5.41, 5.74) is 1.18. The lowest BCUT2D eigenvalue weighted by molar-refractivity contribution is -0.138. The van der Waals surface area contributed by atoms with Gasteiger partial charge in [-0.3, -0.25) is 9.59 Å². The Morgan fingerprint density at radius 1 is 1.20 bits per heavy atom. The molecule has 5 nitrogen and oxygen atoms in total. The van der Waals surface area contributed by atoms with E-state index >= 15 is 0 Å². The maximum atomic E-state index is 12.7. The molecule has 136 valence electrons. The maximum absolute atomic E-state index is 12.7. The summed E-state index contributed by atoms with van der Waals surface area (Å²) >= 11 is 0. The first-order chi connectivity index (χ1) is 12.1. The highest BCUT2D eigenvalue weighted by Gasteiger charge is 2.49. The first-order valence-corrected chi connectivity index (χ1v) is 9.27. The zero-order valence-electron chi connectivity index (χ0n) is 15.4. The lowest BCUT2D eigenvalue weighted by Gasteiger charge is -2.41. The number of rotatable bonds is 4. The molecular weight excluding hydrogens is 316 g/mol. The van der Waals surface area contributed by atoms with Crippen LogP contribution in [0, 0.1) is 0 Å². The van der Waals surface area contributed by atoms with Crippen LogP contribution in [0.4, 0.5) is 0 Å². The summed E-state index contributed by atoms with van der Waals surface area (Å²) in [7, 11) is 1.66. The maximum Gasteiger partial charge on any atom is 0.222 e. The standard InChI is InChI=1S/C20H28N2O3/c1-4-6-19(24)21-12-5-7-18-20(21)17(13-22(18)14(2)23)15-8-10-16(25-3)11-9-15/h8-11,17-18,20H,4-7,12-13H2,1-3H3/t17-,18-,20-/m1/s1. The highest BCUT2D eigenvalue weighted by Crippen LogP contribution is 2.40. The quantitative estimate of drug-likeness (QED) is 0.844. The molecule has 0 unspecified atom stereocenters. The third kappa shape index (κ3) is 3.37. The zero-order valence-corrected chi connectivity index (χ0v) is 15.4. The Labute approximate surface area is 149 Å². The van der Waals surface area contributed by atoms with Crippen LogP contribution in [-0.2, 0) is 9.59 Å². The van der Waals surface area contributed by atoms with Crippen LogP contribution in [0.1, 0.15) is 51.0 Å². The van der Waals surface area contributed by atoms with E-state index in [1.54, 1.807) is 14.0 Å². The van der Waals surface area contributed by atoms with Crippen LogP contribution >= 0.6 is 0 Å². The summed E-state index contributed by atoms with van der Waals surface area (Å²) in [6.45, 7) is 5.17. The minimum Gasteiger partial charge on any atom is -0.497 e. The van der Waals surface area contributed by atoms with Gasteiger partial charge in [-0.05, 0) is 37.0 Å². The highest BCUT2D eigenvalue weighted by molar-refractivity contribution is 5.78. The molecule has 3 atom stereocenters. The van der Waals surface area contributed by atoms with Crippen LogP contribution in [0.5, 0.6) is 5.75 Å². The Kier molecular flexibility index (Phi) is 5.30. The Morgan fingerprint density at radius 3 is 2.52 bits per heavy atom. The van der Waals surface area contributed by atoms with Crippen molar-refractivity contribution in [3.8, 4) is 5.75 Å². The molecule has 0 aliphatic carbocycles. The van der Waals surface area contributed by atoms with Gasteiger partial charge in [-0.25, -0.2) is 0 Å². The third-order valence-electron chi connectivity index (χ3n) is 5.59. The molecule has 0 radical (unpaired) electrons. The fourth-order valence-electron chi connectivity index (χ4n) is 4.44. The molecule has 0 spiro atoms. The monoisotopic (exact) mass is 344 g/mol. The van der Waals surface area contributed by atoms with Crippen molar-refractivity contribution in [3.63, 3.8) is 0 Å². The average Bonchev–Trinajstić information content (AvgIpc) is 3.02. The number of hydrogen-bond acceptors (Lipinski definition) is 3. The van der Waals surface area contributed by atoms with E-state index in [0.717, 1.165) is 31.6 Å². The third-order valence-corrected chi connectivity index (χ3v) is 5.59. The van der Waals surface area contributed by atoms with Gasteiger partial charge in [-0.1, -0.05) is 19.1 Å². The van der Waals surface area contributed by atoms with Crippen molar-refractivity contribution < 1.29 is 14.3 Å². The molecule has 2 amide bonds. The first-order valence-electron chi connectivity index (χ1n) is 9.27. The second-order valence-corrected chi connectivity index (χ2v) is 7.09. The SMILES string of the molecule is CCCC(=O)N1CCC[C@@H]2[C@H]1[C@@H](c1ccc(OC)cc1)CN2C(C)=O. The predicted molar refractivity (Wildman–Crippen MR) is 96.6 cm³/mol. The number of ether oxygens (including phenoxy) is 1. The molecule has 2 saturated heterocycles. The number of nitrogens with zero attached hydrogens (tertiary/aromatic N) is 2. The molecule has 0 saturated carbocycles. The molecule has 1 aromatic rings. The van der Waals surface area contributed by atoms with E-state index in [0.29, 0.717) is 13.0 Å². The summed E-state index contributed by atoms with van der Waals surface area (Å²) < 4.78 is 5.26. The van der Waals surface area contributed by atoms with Gasteiger partial charge in [0.2, 0.25) is 11.8 Å². The van der Waals surface area contributed by atoms with Crippen LogP contribution < -0.4 is 4.74 Å². The van der Waals surface area contributed by atoms with Gasteiger partial charge in [0.1, 0.15) is 5.75 Å². The minimum absolute atomic E-state index is 0.0881. The van der Waals surface area contributed by atoms with Crippen molar-refractivity contribution >= 4 is 11.8 Å². The van der Waals surface area contributed by atoms with Gasteiger partial charge >= 0.3 is 0 Å². The normalized spacial score (nSPS) is 25.6. The number of carbonyl (C=O) groups is 2. The lowest BCUT2D eigenvalue weighted by atomic mass is 9.85. The van der Waals surface area contributed by atoms with Gasteiger partial charge in [-0.15, -0.1) is 0 Å². The predicted octanol–water partition coefficient (Wildman–Crippen LogP) is 2.80. The number of methoxy groups -OCH3 is 1. The molecule has 2 aliphatic rings. The molecule has 0 bridgehead atoms. The molecule has 3 rings (SSSR count). The number of likely N-dealkylation sites (tertiary alicyclic amines) is 2. The van der Waals surface area contributed by atoms with Crippen LogP contribution in [0.2, 0.25) is 0 Å². The lowest BCUT2D eigenvalue weighted by Crippen LogP contribution is -2.53. The van der Waals surface area contributed by atoms with E-state index in [4.69, 9.17) is 4.74 Å². The largest absolute Gasteiger partial charge is 0.497 e. The van der Waals surface area contributed by atoms with Gasteiger partial charge in [0.05, 0.1) is 19.2 Å². The van der Waals surface area contributed by atoms with E-state index in [9.17, 15) is 9.59 Å². The van der Waals surface area contributed by atoms with Crippen LogP contribution in [-0.4, -0.2) is 53.9 Å².